The summed E-state index contributed by atoms with van der Waals surface area (Å²) < 4.78 is 1.71. The summed E-state index contributed by atoms with van der Waals surface area (Å²) in [5.41, 5.74) is 1.26. The number of thiazole rings is 1. The fraction of sp³-hybridized carbons (Fsp3) is 0.125. The normalized spacial score (nSPS) is 9.85. The lowest BCUT2D eigenvalue weighted by atomic mass is 10.4. The molecule has 0 aliphatic rings. The molecule has 0 saturated heterocycles. The van der Waals surface area contributed by atoms with E-state index in [1.54, 1.807) is 10.1 Å². The van der Waals surface area contributed by atoms with Crippen LogP contribution in [0.2, 0.25) is 0 Å². The molecule has 0 radical (unpaired) electrons. The Morgan fingerprint density at radius 2 is 2.46 bits per heavy atom. The van der Waals surface area contributed by atoms with Gasteiger partial charge in [-0.3, -0.25) is 4.68 Å². The minimum Gasteiger partial charge on any atom is -0.275 e. The molecule has 0 amide bonds. The molecule has 0 aliphatic carbocycles. The van der Waals surface area contributed by atoms with Gasteiger partial charge in [0.15, 0.2) is 5.69 Å². The van der Waals surface area contributed by atoms with Gasteiger partial charge in [-0.05, 0) is 6.07 Å². The Bertz CT molecular complexity index is 462. The molecule has 4 nitrogen and oxygen atoms in total. The summed E-state index contributed by atoms with van der Waals surface area (Å²) >= 11 is 1.43. The zero-order valence-electron chi connectivity index (χ0n) is 6.93. The van der Waals surface area contributed by atoms with E-state index in [0.717, 1.165) is 10.7 Å². The van der Waals surface area contributed by atoms with Gasteiger partial charge in [0.05, 0.1) is 0 Å². The lowest BCUT2D eigenvalue weighted by Gasteiger charge is -1.86. The van der Waals surface area contributed by atoms with Gasteiger partial charge in [-0.15, -0.1) is 11.3 Å². The SMILES string of the molecule is Cn1ccc(-c2nc(C#N)cs2)n1. The van der Waals surface area contributed by atoms with Gasteiger partial charge in [0.1, 0.15) is 16.8 Å². The topological polar surface area (TPSA) is 54.5 Å². The Labute approximate surface area is 79.1 Å². The molecule has 2 heterocycles. The lowest BCUT2D eigenvalue weighted by molar-refractivity contribution is 0.770. The van der Waals surface area contributed by atoms with Crippen molar-refractivity contribution in [3.63, 3.8) is 0 Å². The smallest absolute Gasteiger partial charge is 0.152 e. The predicted octanol–water partition coefficient (Wildman–Crippen LogP) is 1.42. The zero-order valence-corrected chi connectivity index (χ0v) is 7.75. The van der Waals surface area contributed by atoms with Gasteiger partial charge < -0.3 is 0 Å². The van der Waals surface area contributed by atoms with Crippen molar-refractivity contribution in [2.75, 3.05) is 0 Å². The predicted molar refractivity (Wildman–Crippen MR) is 49.0 cm³/mol. The van der Waals surface area contributed by atoms with Crippen LogP contribution >= 0.6 is 11.3 Å². The van der Waals surface area contributed by atoms with Gasteiger partial charge in [-0.2, -0.15) is 10.4 Å². The standard InChI is InChI=1S/C8H6N4S/c1-12-3-2-7(11-12)8-10-6(4-9)5-13-8/h2-3,5H,1H3. The van der Waals surface area contributed by atoms with E-state index in [1.165, 1.54) is 11.3 Å². The third-order valence-electron chi connectivity index (χ3n) is 1.55. The van der Waals surface area contributed by atoms with Crippen molar-refractivity contribution in [2.45, 2.75) is 0 Å². The molecule has 0 atom stereocenters. The van der Waals surface area contributed by atoms with Crippen LogP contribution in [0.4, 0.5) is 0 Å². The van der Waals surface area contributed by atoms with Gasteiger partial charge in [-0.1, -0.05) is 0 Å². The van der Waals surface area contributed by atoms with E-state index < -0.39 is 0 Å². The number of hydrogen-bond acceptors (Lipinski definition) is 4. The van der Waals surface area contributed by atoms with Gasteiger partial charge in [0, 0.05) is 18.6 Å². The first kappa shape index (κ1) is 7.95. The van der Waals surface area contributed by atoms with Crippen molar-refractivity contribution in [1.82, 2.24) is 14.8 Å². The largest absolute Gasteiger partial charge is 0.275 e. The Morgan fingerprint density at radius 3 is 3.00 bits per heavy atom. The van der Waals surface area contributed by atoms with Crippen LogP contribution in [0.15, 0.2) is 17.6 Å². The van der Waals surface area contributed by atoms with E-state index in [2.05, 4.69) is 10.1 Å². The average molecular weight is 190 g/mol. The van der Waals surface area contributed by atoms with Crippen LogP contribution in [0.3, 0.4) is 0 Å². The summed E-state index contributed by atoms with van der Waals surface area (Å²) in [6, 6.07) is 3.86. The molecule has 0 aromatic carbocycles. The minimum atomic E-state index is 0.450. The van der Waals surface area contributed by atoms with E-state index >= 15 is 0 Å². The maximum absolute atomic E-state index is 8.57. The Balaban J connectivity index is 2.42. The Kier molecular flexibility index (Phi) is 1.83. The molecule has 2 rings (SSSR count). The van der Waals surface area contributed by atoms with Crippen LogP contribution in [0.1, 0.15) is 5.69 Å². The molecule has 5 heteroatoms. The Morgan fingerprint density at radius 1 is 1.62 bits per heavy atom. The summed E-state index contributed by atoms with van der Waals surface area (Å²) in [6.07, 6.45) is 1.85. The summed E-state index contributed by atoms with van der Waals surface area (Å²) in [5.74, 6) is 0. The first-order valence-corrected chi connectivity index (χ1v) is 4.53. The minimum absolute atomic E-state index is 0.450. The molecule has 0 spiro atoms. The van der Waals surface area contributed by atoms with Crippen molar-refractivity contribution >= 4 is 11.3 Å². The van der Waals surface area contributed by atoms with Crippen LogP contribution in [-0.2, 0) is 7.05 Å². The quantitative estimate of drug-likeness (QED) is 0.683. The van der Waals surface area contributed by atoms with Crippen molar-refractivity contribution in [2.24, 2.45) is 7.05 Å². The molecule has 2 aromatic heterocycles. The Hall–Kier alpha value is -1.67. The van der Waals surface area contributed by atoms with Gasteiger partial charge in [0.25, 0.3) is 0 Å². The highest BCUT2D eigenvalue weighted by Crippen LogP contribution is 2.20. The molecule has 2 aromatic rings. The second-order valence-electron chi connectivity index (χ2n) is 2.52. The third kappa shape index (κ3) is 1.44. The van der Waals surface area contributed by atoms with Crippen molar-refractivity contribution in [3.8, 4) is 16.8 Å². The van der Waals surface area contributed by atoms with Crippen molar-refractivity contribution in [3.05, 3.63) is 23.3 Å². The summed E-state index contributed by atoms with van der Waals surface area (Å²) in [5, 5.41) is 15.3. The van der Waals surface area contributed by atoms with Gasteiger partial charge in [0.2, 0.25) is 0 Å². The van der Waals surface area contributed by atoms with Gasteiger partial charge in [-0.25, -0.2) is 4.98 Å². The number of nitriles is 1. The molecule has 0 unspecified atom stereocenters. The molecular formula is C8H6N4S. The molecular weight excluding hydrogens is 184 g/mol. The van der Waals surface area contributed by atoms with Crippen molar-refractivity contribution < 1.29 is 0 Å². The maximum Gasteiger partial charge on any atom is 0.152 e. The van der Waals surface area contributed by atoms with E-state index in [4.69, 9.17) is 5.26 Å². The average Bonchev–Trinajstić information content (AvgIpc) is 2.71. The summed E-state index contributed by atoms with van der Waals surface area (Å²) in [4.78, 5) is 4.09. The molecule has 64 valence electrons. The second kappa shape index (κ2) is 2.99. The van der Waals surface area contributed by atoms with E-state index in [1.807, 2.05) is 25.4 Å². The molecule has 0 bridgehead atoms. The van der Waals surface area contributed by atoms with Crippen LogP contribution in [0.25, 0.3) is 10.7 Å². The fourth-order valence-electron chi connectivity index (χ4n) is 0.972. The highest BCUT2D eigenvalue weighted by molar-refractivity contribution is 7.13. The second-order valence-corrected chi connectivity index (χ2v) is 3.38. The number of aromatic nitrogens is 3. The highest BCUT2D eigenvalue weighted by Gasteiger charge is 2.05. The van der Waals surface area contributed by atoms with Crippen LogP contribution in [-0.4, -0.2) is 14.8 Å². The number of nitrogens with zero attached hydrogens (tertiary/aromatic N) is 4. The highest BCUT2D eigenvalue weighted by atomic mass is 32.1. The number of aryl methyl sites for hydroxylation is 1. The first-order chi connectivity index (χ1) is 6.29. The molecule has 13 heavy (non-hydrogen) atoms. The molecule has 0 fully saturated rings. The molecule has 0 N–H and O–H groups in total. The first-order valence-electron chi connectivity index (χ1n) is 3.65. The lowest BCUT2D eigenvalue weighted by Crippen LogP contribution is -1.87. The van der Waals surface area contributed by atoms with Crippen LogP contribution in [0, 0.1) is 11.3 Å². The maximum atomic E-state index is 8.57. The van der Waals surface area contributed by atoms with E-state index in [-0.39, 0.29) is 0 Å². The number of rotatable bonds is 1. The zero-order chi connectivity index (χ0) is 9.26. The summed E-state index contributed by atoms with van der Waals surface area (Å²) in [7, 11) is 1.85. The summed E-state index contributed by atoms with van der Waals surface area (Å²) in [6.45, 7) is 0. The molecule has 0 aliphatic heterocycles. The van der Waals surface area contributed by atoms with E-state index in [0.29, 0.717) is 5.69 Å². The van der Waals surface area contributed by atoms with Crippen molar-refractivity contribution in [1.29, 1.82) is 5.26 Å². The monoisotopic (exact) mass is 190 g/mol. The number of hydrogen-bond donors (Lipinski definition) is 0. The van der Waals surface area contributed by atoms with Crippen LogP contribution < -0.4 is 0 Å². The van der Waals surface area contributed by atoms with Crippen LogP contribution in [0.5, 0.6) is 0 Å². The third-order valence-corrected chi connectivity index (χ3v) is 2.42. The molecule has 0 saturated carbocycles. The fourth-order valence-corrected chi connectivity index (χ4v) is 1.68. The van der Waals surface area contributed by atoms with Gasteiger partial charge >= 0.3 is 0 Å². The van der Waals surface area contributed by atoms with E-state index in [9.17, 15) is 0 Å².